The minimum atomic E-state index is -4.54. The van der Waals surface area contributed by atoms with Crippen molar-refractivity contribution in [1.29, 1.82) is 0 Å². The van der Waals surface area contributed by atoms with Gasteiger partial charge >= 0.3 is 12.1 Å². The number of hydrogen-bond acceptors (Lipinski definition) is 7. The van der Waals surface area contributed by atoms with Gasteiger partial charge in [-0.05, 0) is 45.0 Å². The molecule has 8 nitrogen and oxygen atoms in total. The van der Waals surface area contributed by atoms with E-state index in [1.54, 1.807) is 20.8 Å². The predicted octanol–water partition coefficient (Wildman–Crippen LogP) is 3.04. The van der Waals surface area contributed by atoms with Gasteiger partial charge in [0, 0.05) is 23.7 Å². The highest BCUT2D eigenvalue weighted by atomic mass is 32.2. The second-order valence-corrected chi connectivity index (χ2v) is 9.50. The molecular weight excluding hydrogens is 439 g/mol. The third-order valence-corrected chi connectivity index (χ3v) is 4.47. The summed E-state index contributed by atoms with van der Waals surface area (Å²) in [6, 6.07) is 3.62. The van der Waals surface area contributed by atoms with Crippen molar-refractivity contribution in [3.8, 4) is 0 Å². The third-order valence-electron chi connectivity index (χ3n) is 3.61. The van der Waals surface area contributed by atoms with Gasteiger partial charge in [-0.25, -0.2) is 18.4 Å². The molecule has 0 spiro atoms. The normalized spacial score (nSPS) is 12.4. The Bertz CT molecular complexity index is 1090. The molecule has 0 saturated heterocycles. The van der Waals surface area contributed by atoms with Gasteiger partial charge < -0.3 is 10.1 Å². The molecule has 1 aromatic heterocycles. The molecule has 2 aromatic rings. The number of amides is 1. The monoisotopic (exact) mass is 459 g/mol. The van der Waals surface area contributed by atoms with Crippen LogP contribution >= 0.6 is 0 Å². The molecular formula is C19H20F3N3O5S. The Balaban J connectivity index is 2.36. The average molecular weight is 459 g/mol. The largest absolute Gasteiger partial charge is 0.460 e. The number of esters is 1. The number of ether oxygens (including phenoxy) is 1. The standard InChI is InChI=1S/C19H20F3N3O5S/c1-18(2,3)30-14(26)9-11-10-23-17(31(4,28)29)25-15(11)16(27)24-13-7-5-12(6-8-13)19(20,21)22/h5-8,10H,9H2,1-4H3,(H,24,27). The number of carbonyl (C=O) groups excluding carboxylic acids is 2. The molecule has 2 rings (SSSR count). The highest BCUT2D eigenvalue weighted by Gasteiger charge is 2.30. The van der Waals surface area contributed by atoms with E-state index in [0.29, 0.717) is 0 Å². The van der Waals surface area contributed by atoms with Gasteiger partial charge in [-0.2, -0.15) is 13.2 Å². The van der Waals surface area contributed by atoms with Gasteiger partial charge in [0.2, 0.25) is 15.0 Å². The molecule has 31 heavy (non-hydrogen) atoms. The van der Waals surface area contributed by atoms with Gasteiger partial charge in [0.05, 0.1) is 12.0 Å². The van der Waals surface area contributed by atoms with Crippen molar-refractivity contribution in [3.63, 3.8) is 0 Å². The SMILES string of the molecule is CC(C)(C)OC(=O)Cc1cnc(S(C)(=O)=O)nc1C(=O)Nc1ccc(C(F)(F)F)cc1. The van der Waals surface area contributed by atoms with Crippen LogP contribution in [0.15, 0.2) is 35.6 Å². The highest BCUT2D eigenvalue weighted by Crippen LogP contribution is 2.30. The highest BCUT2D eigenvalue weighted by molar-refractivity contribution is 7.90. The first kappa shape index (κ1) is 24.3. The lowest BCUT2D eigenvalue weighted by atomic mass is 10.1. The molecule has 1 aromatic carbocycles. The van der Waals surface area contributed by atoms with Crippen LogP contribution in [-0.2, 0) is 32.0 Å². The summed E-state index contributed by atoms with van der Waals surface area (Å²) in [4.78, 5) is 32.3. The van der Waals surface area contributed by atoms with Crippen LogP contribution in [0, 0.1) is 0 Å². The first-order valence-corrected chi connectivity index (χ1v) is 10.7. The number of carbonyl (C=O) groups is 2. The van der Waals surface area contributed by atoms with E-state index in [9.17, 15) is 31.2 Å². The zero-order valence-corrected chi connectivity index (χ0v) is 17.9. The Morgan fingerprint density at radius 2 is 1.68 bits per heavy atom. The average Bonchev–Trinajstić information content (AvgIpc) is 2.59. The van der Waals surface area contributed by atoms with Crippen molar-refractivity contribution in [2.75, 3.05) is 11.6 Å². The molecule has 0 aliphatic carbocycles. The number of benzene rings is 1. The van der Waals surface area contributed by atoms with Gasteiger partial charge in [-0.3, -0.25) is 9.59 Å². The Kier molecular flexibility index (Phi) is 6.74. The van der Waals surface area contributed by atoms with Crippen LogP contribution in [0.25, 0.3) is 0 Å². The number of sulfone groups is 1. The van der Waals surface area contributed by atoms with E-state index in [0.717, 1.165) is 36.7 Å². The minimum absolute atomic E-state index is 0.00828. The molecule has 12 heteroatoms. The number of halogens is 3. The fourth-order valence-electron chi connectivity index (χ4n) is 2.36. The molecule has 1 heterocycles. The van der Waals surface area contributed by atoms with Gasteiger partial charge in [0.15, 0.2) is 0 Å². The molecule has 0 aliphatic heterocycles. The van der Waals surface area contributed by atoms with Crippen LogP contribution in [0.5, 0.6) is 0 Å². The zero-order valence-electron chi connectivity index (χ0n) is 17.1. The topological polar surface area (TPSA) is 115 Å². The van der Waals surface area contributed by atoms with E-state index >= 15 is 0 Å². The number of alkyl halides is 3. The fourth-order valence-corrected chi connectivity index (χ4v) is 2.86. The molecule has 168 valence electrons. The summed E-state index contributed by atoms with van der Waals surface area (Å²) in [6.07, 6.45) is -3.10. The van der Waals surface area contributed by atoms with Crippen molar-refractivity contribution in [1.82, 2.24) is 9.97 Å². The summed E-state index contributed by atoms with van der Waals surface area (Å²) < 4.78 is 66.8. The molecule has 0 aliphatic rings. The lowest BCUT2D eigenvalue weighted by molar-refractivity contribution is -0.154. The van der Waals surface area contributed by atoms with E-state index in [1.807, 2.05) is 0 Å². The zero-order chi connectivity index (χ0) is 23.6. The van der Waals surface area contributed by atoms with Crippen molar-refractivity contribution < 1.29 is 35.9 Å². The van der Waals surface area contributed by atoms with Crippen LogP contribution in [0.3, 0.4) is 0 Å². The second-order valence-electron chi connectivity index (χ2n) is 7.59. The smallest absolute Gasteiger partial charge is 0.416 e. The second kappa shape index (κ2) is 8.61. The Labute approximate surface area is 176 Å². The summed E-state index contributed by atoms with van der Waals surface area (Å²) >= 11 is 0. The van der Waals surface area contributed by atoms with Crippen molar-refractivity contribution >= 4 is 27.4 Å². The van der Waals surface area contributed by atoms with Gasteiger partial charge in [0.25, 0.3) is 5.91 Å². The molecule has 0 radical (unpaired) electrons. The Hall–Kier alpha value is -3.02. The number of anilines is 1. The summed E-state index contributed by atoms with van der Waals surface area (Å²) in [5.41, 5.74) is -2.11. The molecule has 0 atom stereocenters. The number of aromatic nitrogens is 2. The molecule has 1 N–H and O–H groups in total. The fraction of sp³-hybridized carbons (Fsp3) is 0.368. The minimum Gasteiger partial charge on any atom is -0.460 e. The van der Waals surface area contributed by atoms with Gasteiger partial charge in [-0.1, -0.05) is 0 Å². The van der Waals surface area contributed by atoms with Crippen LogP contribution in [-0.4, -0.2) is 42.1 Å². The maximum absolute atomic E-state index is 12.7. The molecule has 1 amide bonds. The number of nitrogens with one attached hydrogen (secondary N) is 1. The number of nitrogens with zero attached hydrogens (tertiary/aromatic N) is 2. The van der Waals surface area contributed by atoms with E-state index in [2.05, 4.69) is 15.3 Å². The van der Waals surface area contributed by atoms with Crippen LogP contribution < -0.4 is 5.32 Å². The maximum Gasteiger partial charge on any atom is 0.416 e. The Morgan fingerprint density at radius 3 is 2.16 bits per heavy atom. The van der Waals surface area contributed by atoms with Crippen LogP contribution in [0.1, 0.15) is 42.4 Å². The van der Waals surface area contributed by atoms with Crippen molar-refractivity contribution in [2.24, 2.45) is 0 Å². The van der Waals surface area contributed by atoms with E-state index in [-0.39, 0.29) is 11.3 Å². The lowest BCUT2D eigenvalue weighted by Crippen LogP contribution is -2.26. The van der Waals surface area contributed by atoms with Gasteiger partial charge in [-0.15, -0.1) is 0 Å². The predicted molar refractivity (Wildman–Crippen MR) is 104 cm³/mol. The lowest BCUT2D eigenvalue weighted by Gasteiger charge is -2.19. The molecule has 0 unspecified atom stereocenters. The summed E-state index contributed by atoms with van der Waals surface area (Å²) in [6.45, 7) is 4.94. The van der Waals surface area contributed by atoms with Gasteiger partial charge in [0.1, 0.15) is 11.3 Å². The summed E-state index contributed by atoms with van der Waals surface area (Å²) in [7, 11) is -3.87. The summed E-state index contributed by atoms with van der Waals surface area (Å²) in [5, 5.41) is 1.69. The van der Waals surface area contributed by atoms with Crippen LogP contribution in [0.2, 0.25) is 0 Å². The third kappa shape index (κ3) is 7.02. The van der Waals surface area contributed by atoms with E-state index in [4.69, 9.17) is 4.74 Å². The first-order chi connectivity index (χ1) is 14.1. The molecule has 0 bridgehead atoms. The Morgan fingerprint density at radius 1 is 1.10 bits per heavy atom. The van der Waals surface area contributed by atoms with E-state index < -0.39 is 56.3 Å². The maximum atomic E-state index is 12.7. The number of hydrogen-bond donors (Lipinski definition) is 1. The molecule has 0 fully saturated rings. The summed E-state index contributed by atoms with van der Waals surface area (Å²) in [5.74, 6) is -1.63. The van der Waals surface area contributed by atoms with Crippen molar-refractivity contribution in [3.05, 3.63) is 47.3 Å². The van der Waals surface area contributed by atoms with Crippen LogP contribution in [0.4, 0.5) is 18.9 Å². The number of rotatable bonds is 5. The van der Waals surface area contributed by atoms with E-state index in [1.165, 1.54) is 0 Å². The quantitative estimate of drug-likeness (QED) is 0.540. The van der Waals surface area contributed by atoms with Crippen molar-refractivity contribution in [2.45, 2.75) is 44.1 Å². The molecule has 0 saturated carbocycles. The first-order valence-electron chi connectivity index (χ1n) is 8.83.